The molecule has 2 aromatic heterocycles. The van der Waals surface area contributed by atoms with Gasteiger partial charge in [-0.2, -0.15) is 23.4 Å². The van der Waals surface area contributed by atoms with Crippen LogP contribution in [0.4, 0.5) is 13.2 Å². The molecule has 6 nitrogen and oxygen atoms in total. The SMILES string of the molecule is CCn1nc(C)c(CN(C)C(=O)C(C)n2nc(C(F)(F)F)c(Br)c2C)c1C. The number of amides is 1. The van der Waals surface area contributed by atoms with Gasteiger partial charge in [0.15, 0.2) is 5.69 Å². The molecule has 1 atom stereocenters. The van der Waals surface area contributed by atoms with Crippen LogP contribution in [0.15, 0.2) is 4.47 Å². The first-order valence-electron chi connectivity index (χ1n) is 8.49. The molecule has 1 unspecified atom stereocenters. The van der Waals surface area contributed by atoms with Crippen molar-refractivity contribution < 1.29 is 18.0 Å². The van der Waals surface area contributed by atoms with E-state index < -0.39 is 17.9 Å². The molecule has 0 radical (unpaired) electrons. The fraction of sp³-hybridized carbons (Fsp3) is 0.588. The standard InChI is InChI=1S/C17H23BrF3N5O/c1-7-25-10(3)13(9(2)22-25)8-24(6)16(27)12(5)26-11(4)14(18)15(23-26)17(19,20)21/h12H,7-8H2,1-6H3. The largest absolute Gasteiger partial charge is 0.436 e. The van der Waals surface area contributed by atoms with Gasteiger partial charge in [0, 0.05) is 31.4 Å². The van der Waals surface area contributed by atoms with Gasteiger partial charge in [0.1, 0.15) is 6.04 Å². The maximum absolute atomic E-state index is 13.1. The van der Waals surface area contributed by atoms with E-state index in [4.69, 9.17) is 0 Å². The molecule has 2 aromatic rings. The number of hydrogen-bond acceptors (Lipinski definition) is 3. The summed E-state index contributed by atoms with van der Waals surface area (Å²) in [6.45, 7) is 9.88. The maximum Gasteiger partial charge on any atom is 0.436 e. The van der Waals surface area contributed by atoms with Crippen molar-refractivity contribution in [1.29, 1.82) is 0 Å². The molecule has 0 N–H and O–H groups in total. The van der Waals surface area contributed by atoms with Crippen molar-refractivity contribution in [1.82, 2.24) is 24.5 Å². The van der Waals surface area contributed by atoms with Crippen LogP contribution in [0.25, 0.3) is 0 Å². The quantitative estimate of drug-likeness (QED) is 0.692. The third-order valence-corrected chi connectivity index (χ3v) is 5.62. The predicted molar refractivity (Wildman–Crippen MR) is 98.2 cm³/mol. The number of likely N-dealkylation sites (N-methyl/N-ethyl adjacent to an activating group) is 1. The van der Waals surface area contributed by atoms with Crippen molar-refractivity contribution >= 4 is 21.8 Å². The summed E-state index contributed by atoms with van der Waals surface area (Å²) in [5, 5.41) is 8.05. The highest BCUT2D eigenvalue weighted by Crippen LogP contribution is 2.36. The van der Waals surface area contributed by atoms with Crippen molar-refractivity contribution in [3.63, 3.8) is 0 Å². The van der Waals surface area contributed by atoms with Crippen molar-refractivity contribution in [3.05, 3.63) is 32.8 Å². The Labute approximate surface area is 164 Å². The molecule has 0 saturated carbocycles. The van der Waals surface area contributed by atoms with E-state index in [1.165, 1.54) is 11.8 Å². The molecular weight excluding hydrogens is 427 g/mol. The number of hydrogen-bond donors (Lipinski definition) is 0. The number of aromatic nitrogens is 4. The lowest BCUT2D eigenvalue weighted by atomic mass is 10.1. The van der Waals surface area contributed by atoms with E-state index in [-0.39, 0.29) is 16.1 Å². The normalized spacial score (nSPS) is 13.1. The summed E-state index contributed by atoms with van der Waals surface area (Å²) >= 11 is 2.94. The molecule has 0 aliphatic carbocycles. The fourth-order valence-corrected chi connectivity index (χ4v) is 3.55. The van der Waals surface area contributed by atoms with Crippen LogP contribution in [0.2, 0.25) is 0 Å². The third kappa shape index (κ3) is 4.04. The predicted octanol–water partition coefficient (Wildman–Crippen LogP) is 4.03. The van der Waals surface area contributed by atoms with E-state index in [0.717, 1.165) is 28.2 Å². The molecule has 150 valence electrons. The Kier molecular flexibility index (Phi) is 6.08. The molecule has 10 heteroatoms. The van der Waals surface area contributed by atoms with Crippen molar-refractivity contribution in [2.24, 2.45) is 0 Å². The number of rotatable bonds is 5. The lowest BCUT2D eigenvalue weighted by Crippen LogP contribution is -2.34. The zero-order valence-corrected chi connectivity index (χ0v) is 17.7. The van der Waals surface area contributed by atoms with Gasteiger partial charge in [-0.1, -0.05) is 0 Å². The summed E-state index contributed by atoms with van der Waals surface area (Å²) < 4.78 is 42.0. The third-order valence-electron chi connectivity index (χ3n) is 4.67. The van der Waals surface area contributed by atoms with Gasteiger partial charge in [0.2, 0.25) is 5.91 Å². The Balaban J connectivity index is 2.26. The second-order valence-corrected chi connectivity index (χ2v) is 7.32. The number of carbonyl (C=O) groups is 1. The number of carbonyl (C=O) groups excluding carboxylic acids is 1. The highest BCUT2D eigenvalue weighted by Gasteiger charge is 2.39. The smallest absolute Gasteiger partial charge is 0.339 e. The summed E-state index contributed by atoms with van der Waals surface area (Å²) in [5.41, 5.74) is 1.97. The molecule has 0 aromatic carbocycles. The van der Waals surface area contributed by atoms with Gasteiger partial charge in [0.25, 0.3) is 0 Å². The Morgan fingerprint density at radius 1 is 1.22 bits per heavy atom. The Morgan fingerprint density at radius 2 is 1.81 bits per heavy atom. The van der Waals surface area contributed by atoms with Gasteiger partial charge >= 0.3 is 6.18 Å². The Hall–Kier alpha value is -1.84. The average molecular weight is 450 g/mol. The summed E-state index contributed by atoms with van der Waals surface area (Å²) in [6.07, 6.45) is -4.59. The second-order valence-electron chi connectivity index (χ2n) is 6.53. The zero-order chi connectivity index (χ0) is 20.7. The second kappa shape index (κ2) is 7.65. The molecule has 0 fully saturated rings. The van der Waals surface area contributed by atoms with Gasteiger partial charge in [-0.3, -0.25) is 14.2 Å². The summed E-state index contributed by atoms with van der Waals surface area (Å²) in [5.74, 6) is -0.329. The van der Waals surface area contributed by atoms with Gasteiger partial charge in [-0.25, -0.2) is 0 Å². The zero-order valence-electron chi connectivity index (χ0n) is 16.1. The lowest BCUT2D eigenvalue weighted by Gasteiger charge is -2.22. The number of aryl methyl sites for hydroxylation is 2. The molecular formula is C17H23BrF3N5O. The van der Waals surface area contributed by atoms with Gasteiger partial charge in [0.05, 0.1) is 15.9 Å². The van der Waals surface area contributed by atoms with E-state index in [1.54, 1.807) is 14.0 Å². The molecule has 0 saturated heterocycles. The van der Waals surface area contributed by atoms with Crippen molar-refractivity contribution in [3.8, 4) is 0 Å². The summed E-state index contributed by atoms with van der Waals surface area (Å²) in [4.78, 5) is 14.3. The molecule has 0 bridgehead atoms. The minimum absolute atomic E-state index is 0.145. The van der Waals surface area contributed by atoms with E-state index in [0.29, 0.717) is 6.54 Å². The van der Waals surface area contributed by atoms with Crippen LogP contribution in [-0.2, 0) is 24.1 Å². The topological polar surface area (TPSA) is 56.0 Å². The van der Waals surface area contributed by atoms with Crippen LogP contribution < -0.4 is 0 Å². The molecule has 0 spiro atoms. The Morgan fingerprint density at radius 3 is 2.26 bits per heavy atom. The minimum atomic E-state index is -4.59. The molecule has 0 aliphatic rings. The van der Waals surface area contributed by atoms with Gasteiger partial charge < -0.3 is 4.90 Å². The van der Waals surface area contributed by atoms with Crippen molar-refractivity contribution in [2.75, 3.05) is 7.05 Å². The van der Waals surface area contributed by atoms with Crippen LogP contribution in [0.1, 0.15) is 48.2 Å². The molecule has 27 heavy (non-hydrogen) atoms. The van der Waals surface area contributed by atoms with Crippen LogP contribution in [0, 0.1) is 20.8 Å². The fourth-order valence-electron chi connectivity index (χ4n) is 3.07. The van der Waals surface area contributed by atoms with E-state index >= 15 is 0 Å². The summed E-state index contributed by atoms with van der Waals surface area (Å²) in [6, 6.07) is -0.871. The first-order chi connectivity index (χ1) is 12.4. The van der Waals surface area contributed by atoms with Crippen LogP contribution in [0.3, 0.4) is 0 Å². The van der Waals surface area contributed by atoms with Crippen LogP contribution >= 0.6 is 15.9 Å². The van der Waals surface area contributed by atoms with Crippen molar-refractivity contribution in [2.45, 2.75) is 59.9 Å². The first-order valence-corrected chi connectivity index (χ1v) is 9.29. The number of alkyl halides is 3. The Bertz CT molecular complexity index is 856. The molecule has 2 heterocycles. The minimum Gasteiger partial charge on any atom is -0.339 e. The highest BCUT2D eigenvalue weighted by atomic mass is 79.9. The first kappa shape index (κ1) is 21.5. The number of nitrogens with zero attached hydrogens (tertiary/aromatic N) is 5. The van der Waals surface area contributed by atoms with E-state index in [1.807, 2.05) is 25.5 Å². The number of halogens is 4. The summed E-state index contributed by atoms with van der Waals surface area (Å²) in [7, 11) is 1.62. The van der Waals surface area contributed by atoms with E-state index in [9.17, 15) is 18.0 Å². The highest BCUT2D eigenvalue weighted by molar-refractivity contribution is 9.10. The molecule has 0 aliphatic heterocycles. The maximum atomic E-state index is 13.1. The van der Waals surface area contributed by atoms with Gasteiger partial charge in [-0.15, -0.1) is 0 Å². The lowest BCUT2D eigenvalue weighted by molar-refractivity contribution is -0.143. The van der Waals surface area contributed by atoms with Gasteiger partial charge in [-0.05, 0) is 50.5 Å². The van der Waals surface area contributed by atoms with Crippen LogP contribution in [0.5, 0.6) is 0 Å². The average Bonchev–Trinajstić information content (AvgIpc) is 3.04. The van der Waals surface area contributed by atoms with E-state index in [2.05, 4.69) is 26.1 Å². The monoisotopic (exact) mass is 449 g/mol. The molecule has 2 rings (SSSR count). The molecule has 1 amide bonds. The van der Waals surface area contributed by atoms with Crippen LogP contribution in [-0.4, -0.2) is 37.4 Å².